The molecule has 5 heteroatoms. The molecule has 1 aliphatic rings. The highest BCUT2D eigenvalue weighted by atomic mass is 35.5. The Morgan fingerprint density at radius 2 is 2.00 bits per heavy atom. The highest BCUT2D eigenvalue weighted by molar-refractivity contribution is 6.31. The van der Waals surface area contributed by atoms with E-state index in [1.807, 2.05) is 0 Å². The molecule has 0 unspecified atom stereocenters. The number of rotatable bonds is 4. The van der Waals surface area contributed by atoms with Gasteiger partial charge in [-0.25, -0.2) is 4.39 Å². The highest BCUT2D eigenvalue weighted by Gasteiger charge is 2.35. The number of nitrogens with zero attached hydrogens (tertiary/aromatic N) is 1. The molecule has 0 spiro atoms. The van der Waals surface area contributed by atoms with Gasteiger partial charge >= 0.3 is 0 Å². The molecule has 1 amide bonds. The zero-order valence-corrected chi connectivity index (χ0v) is 13.5. The predicted octanol–water partition coefficient (Wildman–Crippen LogP) is 4.30. The molecule has 0 atom stereocenters. The molecule has 3 nitrogen and oxygen atoms in total. The number of carbonyl (C=O) groups excluding carboxylic acids is 1. The molecule has 120 valence electrons. The van der Waals surface area contributed by atoms with Crippen molar-refractivity contribution in [1.82, 2.24) is 4.90 Å². The molecular formula is C18H17ClFNO2. The van der Waals surface area contributed by atoms with Gasteiger partial charge in [-0.1, -0.05) is 29.8 Å². The molecule has 0 bridgehead atoms. The summed E-state index contributed by atoms with van der Waals surface area (Å²) in [5, 5.41) is 10.4. The minimum atomic E-state index is -0.426. The number of phenols is 1. The smallest absolute Gasteiger partial charge is 0.258 e. The van der Waals surface area contributed by atoms with E-state index in [0.717, 1.165) is 12.8 Å². The van der Waals surface area contributed by atoms with Crippen LogP contribution in [0, 0.1) is 12.7 Å². The number of carbonyl (C=O) groups is 1. The Morgan fingerprint density at radius 1 is 1.30 bits per heavy atom. The topological polar surface area (TPSA) is 40.5 Å². The quantitative estimate of drug-likeness (QED) is 0.906. The van der Waals surface area contributed by atoms with Crippen LogP contribution >= 0.6 is 11.6 Å². The van der Waals surface area contributed by atoms with Crippen LogP contribution in [0.2, 0.25) is 5.02 Å². The average molecular weight is 334 g/mol. The van der Waals surface area contributed by atoms with Crippen LogP contribution in [0.3, 0.4) is 0 Å². The SMILES string of the molecule is Cc1cccc(C(=O)N(Cc2c(F)cccc2Cl)C2CC2)c1O. The van der Waals surface area contributed by atoms with Crippen LogP contribution in [0.15, 0.2) is 36.4 Å². The third-order valence-electron chi connectivity index (χ3n) is 4.11. The van der Waals surface area contributed by atoms with Crippen molar-refractivity contribution in [1.29, 1.82) is 0 Å². The van der Waals surface area contributed by atoms with Crippen LogP contribution in [0.25, 0.3) is 0 Å². The lowest BCUT2D eigenvalue weighted by Crippen LogP contribution is -2.33. The molecular weight excluding hydrogens is 317 g/mol. The van der Waals surface area contributed by atoms with Crippen molar-refractivity contribution in [2.24, 2.45) is 0 Å². The zero-order valence-electron chi connectivity index (χ0n) is 12.7. The van der Waals surface area contributed by atoms with Crippen LogP contribution in [-0.2, 0) is 6.54 Å². The fraction of sp³-hybridized carbons (Fsp3) is 0.278. The summed E-state index contributed by atoms with van der Waals surface area (Å²) < 4.78 is 14.0. The lowest BCUT2D eigenvalue weighted by atomic mass is 10.1. The fourth-order valence-electron chi connectivity index (χ4n) is 2.59. The normalized spacial score (nSPS) is 13.9. The molecule has 1 saturated carbocycles. The van der Waals surface area contributed by atoms with Gasteiger partial charge in [0.25, 0.3) is 5.91 Å². The van der Waals surface area contributed by atoms with E-state index in [-0.39, 0.29) is 29.8 Å². The van der Waals surface area contributed by atoms with E-state index in [0.29, 0.717) is 16.1 Å². The minimum absolute atomic E-state index is 0.0252. The molecule has 23 heavy (non-hydrogen) atoms. The Bertz CT molecular complexity index is 738. The van der Waals surface area contributed by atoms with E-state index < -0.39 is 5.82 Å². The first-order valence-corrected chi connectivity index (χ1v) is 7.89. The molecule has 0 saturated heterocycles. The van der Waals surface area contributed by atoms with Gasteiger partial charge in [-0.3, -0.25) is 4.79 Å². The predicted molar refractivity (Wildman–Crippen MR) is 87.1 cm³/mol. The van der Waals surface area contributed by atoms with Crippen LogP contribution in [-0.4, -0.2) is 22.0 Å². The van der Waals surface area contributed by atoms with Crippen LogP contribution in [0.1, 0.15) is 34.3 Å². The van der Waals surface area contributed by atoms with Gasteiger partial charge in [0.2, 0.25) is 0 Å². The molecule has 3 rings (SSSR count). The molecule has 2 aromatic rings. The number of phenolic OH excluding ortho intramolecular Hbond substituents is 1. The minimum Gasteiger partial charge on any atom is -0.507 e. The Labute approximate surface area is 139 Å². The van der Waals surface area contributed by atoms with Crippen LogP contribution in [0.5, 0.6) is 5.75 Å². The molecule has 1 N–H and O–H groups in total. The summed E-state index contributed by atoms with van der Waals surface area (Å²) in [5.74, 6) is -0.750. The molecule has 0 radical (unpaired) electrons. The Balaban J connectivity index is 1.93. The third kappa shape index (κ3) is 3.17. The number of benzene rings is 2. The first-order chi connectivity index (χ1) is 11.0. The number of amides is 1. The summed E-state index contributed by atoms with van der Waals surface area (Å²) >= 11 is 6.08. The largest absolute Gasteiger partial charge is 0.507 e. The van der Waals surface area contributed by atoms with Crippen molar-refractivity contribution in [3.8, 4) is 5.75 Å². The zero-order chi connectivity index (χ0) is 16.6. The number of hydrogen-bond acceptors (Lipinski definition) is 2. The van der Waals surface area contributed by atoms with Gasteiger partial charge in [-0.05, 0) is 43.5 Å². The second kappa shape index (κ2) is 6.20. The van der Waals surface area contributed by atoms with E-state index in [9.17, 15) is 14.3 Å². The van der Waals surface area contributed by atoms with Crippen molar-refractivity contribution in [2.75, 3.05) is 0 Å². The van der Waals surface area contributed by atoms with Gasteiger partial charge in [0.05, 0.1) is 12.1 Å². The first kappa shape index (κ1) is 15.8. The second-order valence-corrected chi connectivity index (χ2v) is 6.24. The molecule has 1 aliphatic carbocycles. The van der Waals surface area contributed by atoms with E-state index in [1.54, 1.807) is 36.1 Å². The molecule has 0 heterocycles. The lowest BCUT2D eigenvalue weighted by Gasteiger charge is -2.24. The second-order valence-electron chi connectivity index (χ2n) is 5.84. The number of aromatic hydroxyl groups is 1. The Hall–Kier alpha value is -2.07. The van der Waals surface area contributed by atoms with E-state index >= 15 is 0 Å². The van der Waals surface area contributed by atoms with Crippen molar-refractivity contribution >= 4 is 17.5 Å². The van der Waals surface area contributed by atoms with Crippen molar-refractivity contribution in [3.05, 3.63) is 63.9 Å². The Morgan fingerprint density at radius 3 is 2.65 bits per heavy atom. The van der Waals surface area contributed by atoms with Gasteiger partial charge in [0.15, 0.2) is 0 Å². The molecule has 0 aromatic heterocycles. The summed E-state index contributed by atoms with van der Waals surface area (Å²) in [6.45, 7) is 1.84. The highest BCUT2D eigenvalue weighted by Crippen LogP contribution is 2.33. The maximum absolute atomic E-state index is 14.0. The van der Waals surface area contributed by atoms with Crippen LogP contribution < -0.4 is 0 Å². The van der Waals surface area contributed by atoms with E-state index in [4.69, 9.17) is 11.6 Å². The van der Waals surface area contributed by atoms with Gasteiger partial charge in [0, 0.05) is 16.6 Å². The lowest BCUT2D eigenvalue weighted by molar-refractivity contribution is 0.0725. The number of hydrogen-bond donors (Lipinski definition) is 1. The van der Waals surface area contributed by atoms with Gasteiger partial charge in [-0.2, -0.15) is 0 Å². The summed E-state index contributed by atoms with van der Waals surface area (Å²) in [7, 11) is 0. The van der Waals surface area contributed by atoms with Crippen molar-refractivity contribution < 1.29 is 14.3 Å². The maximum atomic E-state index is 14.0. The van der Waals surface area contributed by atoms with Gasteiger partial charge < -0.3 is 10.0 Å². The van der Waals surface area contributed by atoms with Crippen molar-refractivity contribution in [2.45, 2.75) is 32.4 Å². The average Bonchev–Trinajstić information content (AvgIpc) is 3.34. The maximum Gasteiger partial charge on any atom is 0.258 e. The summed E-state index contributed by atoms with van der Waals surface area (Å²) in [6, 6.07) is 9.60. The monoisotopic (exact) mass is 333 g/mol. The van der Waals surface area contributed by atoms with E-state index in [2.05, 4.69) is 0 Å². The summed E-state index contributed by atoms with van der Waals surface area (Å²) in [4.78, 5) is 14.4. The number of para-hydroxylation sites is 1. The van der Waals surface area contributed by atoms with Crippen molar-refractivity contribution in [3.63, 3.8) is 0 Å². The fourth-order valence-corrected chi connectivity index (χ4v) is 2.82. The van der Waals surface area contributed by atoms with Gasteiger partial charge in [0.1, 0.15) is 11.6 Å². The van der Waals surface area contributed by atoms with E-state index in [1.165, 1.54) is 12.1 Å². The number of halogens is 2. The van der Waals surface area contributed by atoms with Crippen LogP contribution in [0.4, 0.5) is 4.39 Å². The number of aryl methyl sites for hydroxylation is 1. The Kier molecular flexibility index (Phi) is 4.26. The molecule has 1 fully saturated rings. The summed E-state index contributed by atoms with van der Waals surface area (Å²) in [5.41, 5.74) is 1.18. The van der Waals surface area contributed by atoms with Gasteiger partial charge in [-0.15, -0.1) is 0 Å². The standard InChI is InChI=1S/C18H17ClFNO2/c1-11-4-2-5-13(17(11)22)18(23)21(12-8-9-12)10-14-15(19)6-3-7-16(14)20/h2-7,12,22H,8-10H2,1H3. The first-order valence-electron chi connectivity index (χ1n) is 7.51. The molecule has 0 aliphatic heterocycles. The summed E-state index contributed by atoms with van der Waals surface area (Å²) in [6.07, 6.45) is 1.76. The molecule has 2 aromatic carbocycles. The third-order valence-corrected chi connectivity index (χ3v) is 4.46.